The molecule has 0 aromatic heterocycles. The zero-order valence-corrected chi connectivity index (χ0v) is 10.2. The van der Waals surface area contributed by atoms with Gasteiger partial charge in [0, 0.05) is 23.2 Å². The highest BCUT2D eigenvalue weighted by atomic mass is 35.5. The van der Waals surface area contributed by atoms with E-state index in [1.807, 2.05) is 0 Å². The Kier molecular flexibility index (Phi) is 3.82. The lowest BCUT2D eigenvalue weighted by atomic mass is 10.2. The van der Waals surface area contributed by atoms with E-state index in [9.17, 15) is 4.39 Å². The Morgan fingerprint density at radius 1 is 1.50 bits per heavy atom. The molecule has 1 aliphatic carbocycles. The lowest BCUT2D eigenvalue weighted by molar-refractivity contribution is 0.565. The van der Waals surface area contributed by atoms with Crippen LogP contribution in [0.3, 0.4) is 0 Å². The van der Waals surface area contributed by atoms with Gasteiger partial charge in [0.2, 0.25) is 0 Å². The fraction of sp³-hybridized carbons (Fsp3) is 0.538. The van der Waals surface area contributed by atoms with E-state index in [0.29, 0.717) is 23.2 Å². The molecule has 1 nitrogen and oxygen atoms in total. The van der Waals surface area contributed by atoms with Crippen LogP contribution in [0.1, 0.15) is 31.7 Å². The van der Waals surface area contributed by atoms with E-state index < -0.39 is 0 Å². The molecule has 1 saturated carbocycles. The largest absolute Gasteiger partial charge is 0.310 e. The number of nitrogens with one attached hydrogen (secondary N) is 1. The van der Waals surface area contributed by atoms with E-state index >= 15 is 0 Å². The van der Waals surface area contributed by atoms with Crippen molar-refractivity contribution in [3.05, 3.63) is 34.6 Å². The monoisotopic (exact) mass is 241 g/mol. The van der Waals surface area contributed by atoms with Gasteiger partial charge in [-0.05, 0) is 37.0 Å². The van der Waals surface area contributed by atoms with Crippen LogP contribution < -0.4 is 5.32 Å². The molecule has 88 valence electrons. The highest BCUT2D eigenvalue weighted by Crippen LogP contribution is 2.34. The molecule has 16 heavy (non-hydrogen) atoms. The maximum absolute atomic E-state index is 13.4. The molecule has 2 atom stereocenters. The summed E-state index contributed by atoms with van der Waals surface area (Å²) < 4.78 is 13.4. The second kappa shape index (κ2) is 5.15. The summed E-state index contributed by atoms with van der Waals surface area (Å²) in [6.07, 6.45) is 3.74. The third kappa shape index (κ3) is 2.96. The molecule has 1 aromatic rings. The fourth-order valence-corrected chi connectivity index (χ4v) is 2.30. The SMILES string of the molecule is CCCC1CC1NCc1cc(Cl)ccc1F. The normalized spacial score (nSPS) is 23.4. The van der Waals surface area contributed by atoms with Gasteiger partial charge in [-0.2, -0.15) is 0 Å². The van der Waals surface area contributed by atoms with Crippen molar-refractivity contribution in [1.82, 2.24) is 5.32 Å². The molecule has 1 aromatic carbocycles. The average Bonchev–Trinajstić information content (AvgIpc) is 2.99. The highest BCUT2D eigenvalue weighted by Gasteiger charge is 2.35. The van der Waals surface area contributed by atoms with Crippen molar-refractivity contribution in [2.24, 2.45) is 5.92 Å². The van der Waals surface area contributed by atoms with E-state index in [4.69, 9.17) is 11.6 Å². The van der Waals surface area contributed by atoms with Crippen molar-refractivity contribution in [3.63, 3.8) is 0 Å². The molecule has 0 heterocycles. The minimum atomic E-state index is -0.176. The molecule has 0 saturated heterocycles. The standard InChI is InChI=1S/C13H17ClFN/c1-2-3-9-7-13(9)16-8-10-6-11(14)4-5-12(10)15/h4-6,9,13,16H,2-3,7-8H2,1H3. The summed E-state index contributed by atoms with van der Waals surface area (Å²) in [6, 6.07) is 5.28. The van der Waals surface area contributed by atoms with E-state index in [0.717, 1.165) is 5.92 Å². The Bertz CT molecular complexity index is 367. The maximum atomic E-state index is 13.4. The van der Waals surface area contributed by atoms with Gasteiger partial charge in [-0.25, -0.2) is 4.39 Å². The number of hydrogen-bond acceptors (Lipinski definition) is 1. The second-order valence-electron chi connectivity index (χ2n) is 4.51. The van der Waals surface area contributed by atoms with Crippen LogP contribution in [0.25, 0.3) is 0 Å². The first-order valence-electron chi connectivity index (χ1n) is 5.88. The van der Waals surface area contributed by atoms with Gasteiger partial charge >= 0.3 is 0 Å². The van der Waals surface area contributed by atoms with Crippen molar-refractivity contribution in [2.75, 3.05) is 0 Å². The highest BCUT2D eigenvalue weighted by molar-refractivity contribution is 6.30. The molecule has 1 N–H and O–H groups in total. The number of hydrogen-bond donors (Lipinski definition) is 1. The minimum Gasteiger partial charge on any atom is -0.310 e. The molecule has 2 rings (SSSR count). The van der Waals surface area contributed by atoms with Crippen molar-refractivity contribution >= 4 is 11.6 Å². The first kappa shape index (κ1) is 11.9. The molecular formula is C13H17ClFN. The van der Waals surface area contributed by atoms with E-state index in [1.165, 1.54) is 25.3 Å². The van der Waals surface area contributed by atoms with Crippen molar-refractivity contribution < 1.29 is 4.39 Å². The predicted molar refractivity (Wildman–Crippen MR) is 65.1 cm³/mol. The van der Waals surface area contributed by atoms with Crippen LogP contribution in [-0.2, 0) is 6.54 Å². The van der Waals surface area contributed by atoms with Crippen LogP contribution in [-0.4, -0.2) is 6.04 Å². The van der Waals surface area contributed by atoms with Crippen LogP contribution in [0.5, 0.6) is 0 Å². The van der Waals surface area contributed by atoms with Gasteiger partial charge in [-0.3, -0.25) is 0 Å². The molecule has 0 aliphatic heterocycles. The summed E-state index contributed by atoms with van der Waals surface area (Å²) >= 11 is 5.83. The topological polar surface area (TPSA) is 12.0 Å². The van der Waals surface area contributed by atoms with Crippen LogP contribution >= 0.6 is 11.6 Å². The smallest absolute Gasteiger partial charge is 0.127 e. The minimum absolute atomic E-state index is 0.176. The Balaban J connectivity index is 1.84. The maximum Gasteiger partial charge on any atom is 0.127 e. The van der Waals surface area contributed by atoms with Crippen LogP contribution in [0, 0.1) is 11.7 Å². The van der Waals surface area contributed by atoms with Crippen molar-refractivity contribution in [2.45, 2.75) is 38.8 Å². The lowest BCUT2D eigenvalue weighted by Crippen LogP contribution is -2.18. The Hall–Kier alpha value is -0.600. The second-order valence-corrected chi connectivity index (χ2v) is 4.94. The third-order valence-corrected chi connectivity index (χ3v) is 3.38. The van der Waals surface area contributed by atoms with Crippen LogP contribution in [0.2, 0.25) is 5.02 Å². The van der Waals surface area contributed by atoms with Gasteiger partial charge in [0.05, 0.1) is 0 Å². The van der Waals surface area contributed by atoms with E-state index in [2.05, 4.69) is 12.2 Å². The third-order valence-electron chi connectivity index (χ3n) is 3.14. The molecule has 0 radical (unpaired) electrons. The first-order chi connectivity index (χ1) is 7.70. The van der Waals surface area contributed by atoms with Gasteiger partial charge in [-0.1, -0.05) is 24.9 Å². The first-order valence-corrected chi connectivity index (χ1v) is 6.25. The molecule has 0 amide bonds. The van der Waals surface area contributed by atoms with Gasteiger partial charge < -0.3 is 5.32 Å². The molecule has 2 unspecified atom stereocenters. The molecule has 1 aliphatic rings. The molecule has 0 spiro atoms. The zero-order valence-electron chi connectivity index (χ0n) is 9.47. The quantitative estimate of drug-likeness (QED) is 0.828. The Morgan fingerprint density at radius 2 is 2.31 bits per heavy atom. The van der Waals surface area contributed by atoms with Gasteiger partial charge in [-0.15, -0.1) is 0 Å². The van der Waals surface area contributed by atoms with Crippen LogP contribution in [0.15, 0.2) is 18.2 Å². The van der Waals surface area contributed by atoms with E-state index in [-0.39, 0.29) is 5.82 Å². The summed E-state index contributed by atoms with van der Waals surface area (Å²) in [4.78, 5) is 0. The van der Waals surface area contributed by atoms with Crippen molar-refractivity contribution in [3.8, 4) is 0 Å². The zero-order chi connectivity index (χ0) is 11.5. The predicted octanol–water partition coefficient (Wildman–Crippen LogP) is 3.76. The summed E-state index contributed by atoms with van der Waals surface area (Å²) in [6.45, 7) is 2.78. The molecule has 0 bridgehead atoms. The number of benzene rings is 1. The molecule has 3 heteroatoms. The lowest BCUT2D eigenvalue weighted by Gasteiger charge is -2.06. The van der Waals surface area contributed by atoms with Crippen LogP contribution in [0.4, 0.5) is 4.39 Å². The number of halogens is 2. The van der Waals surface area contributed by atoms with Gasteiger partial charge in [0.1, 0.15) is 5.82 Å². The summed E-state index contributed by atoms with van der Waals surface area (Å²) in [5.41, 5.74) is 0.662. The fourth-order valence-electron chi connectivity index (χ4n) is 2.11. The summed E-state index contributed by atoms with van der Waals surface area (Å²) in [5, 5.41) is 3.97. The van der Waals surface area contributed by atoms with E-state index in [1.54, 1.807) is 12.1 Å². The summed E-state index contributed by atoms with van der Waals surface area (Å²) in [7, 11) is 0. The number of rotatable bonds is 5. The van der Waals surface area contributed by atoms with Gasteiger partial charge in [0.25, 0.3) is 0 Å². The van der Waals surface area contributed by atoms with Gasteiger partial charge in [0.15, 0.2) is 0 Å². The molecular weight excluding hydrogens is 225 g/mol. The Labute approximate surface area is 101 Å². The average molecular weight is 242 g/mol. The van der Waals surface area contributed by atoms with Crippen molar-refractivity contribution in [1.29, 1.82) is 0 Å². The molecule has 1 fully saturated rings. The Morgan fingerprint density at radius 3 is 3.06 bits per heavy atom. The summed E-state index contributed by atoms with van der Waals surface area (Å²) in [5.74, 6) is 0.622.